The topological polar surface area (TPSA) is 101 Å². The highest BCUT2D eigenvalue weighted by molar-refractivity contribution is 5.91. The molecule has 0 radical (unpaired) electrons. The Morgan fingerprint density at radius 2 is 2.00 bits per heavy atom. The average molecular weight is 415 g/mol. The van der Waals surface area contributed by atoms with E-state index in [1.165, 1.54) is 12.0 Å². The van der Waals surface area contributed by atoms with Gasteiger partial charge in [-0.1, -0.05) is 18.2 Å². The number of aromatic amines is 1. The molecule has 162 valence electrons. The van der Waals surface area contributed by atoms with E-state index in [1.54, 1.807) is 20.8 Å². The van der Waals surface area contributed by atoms with Crippen LogP contribution in [0.3, 0.4) is 0 Å². The molecule has 0 bridgehead atoms. The molecular weight excluding hydrogens is 386 g/mol. The number of nitrogens with one attached hydrogen (secondary N) is 2. The number of ether oxygens (including phenoxy) is 2. The van der Waals surface area contributed by atoms with Crippen molar-refractivity contribution in [3.8, 4) is 0 Å². The molecule has 2 heterocycles. The SMILES string of the molecule is COC(=O)C1CCCN1C(=O)C(Cc1c[nH]c2ccccc12)NC(=O)OC(C)(C)C. The molecule has 1 fully saturated rings. The van der Waals surface area contributed by atoms with E-state index in [1.807, 2.05) is 30.5 Å². The van der Waals surface area contributed by atoms with Gasteiger partial charge in [-0.3, -0.25) is 4.79 Å². The van der Waals surface area contributed by atoms with Crippen LogP contribution >= 0.6 is 0 Å². The Morgan fingerprint density at radius 3 is 2.70 bits per heavy atom. The van der Waals surface area contributed by atoms with Gasteiger partial charge < -0.3 is 24.7 Å². The highest BCUT2D eigenvalue weighted by Crippen LogP contribution is 2.23. The Labute approximate surface area is 175 Å². The molecule has 8 nitrogen and oxygen atoms in total. The molecule has 1 aliphatic rings. The normalized spacial score (nSPS) is 17.6. The fourth-order valence-electron chi connectivity index (χ4n) is 3.78. The van der Waals surface area contributed by atoms with E-state index in [-0.39, 0.29) is 12.3 Å². The molecule has 2 aromatic rings. The molecule has 1 aliphatic heterocycles. The number of alkyl carbamates (subject to hydrolysis) is 1. The van der Waals surface area contributed by atoms with Crippen LogP contribution in [0.2, 0.25) is 0 Å². The minimum atomic E-state index is -0.871. The summed E-state index contributed by atoms with van der Waals surface area (Å²) in [7, 11) is 1.31. The molecule has 3 rings (SSSR count). The number of likely N-dealkylation sites (tertiary alicyclic amines) is 1. The van der Waals surface area contributed by atoms with Gasteiger partial charge in [0.1, 0.15) is 17.7 Å². The fraction of sp³-hybridized carbons (Fsp3) is 0.500. The Hall–Kier alpha value is -3.03. The van der Waals surface area contributed by atoms with Gasteiger partial charge in [0.15, 0.2) is 0 Å². The van der Waals surface area contributed by atoms with Crippen LogP contribution in [0.5, 0.6) is 0 Å². The predicted octanol–water partition coefficient (Wildman–Crippen LogP) is 2.77. The molecule has 2 N–H and O–H groups in total. The number of amides is 2. The molecular formula is C22H29N3O5. The number of carbonyl (C=O) groups excluding carboxylic acids is 3. The van der Waals surface area contributed by atoms with Crippen LogP contribution in [0, 0.1) is 0 Å². The molecule has 2 amide bonds. The third-order valence-electron chi connectivity index (χ3n) is 5.10. The average Bonchev–Trinajstić information content (AvgIpc) is 3.32. The fourth-order valence-corrected chi connectivity index (χ4v) is 3.78. The van der Waals surface area contributed by atoms with Crippen molar-refractivity contribution in [1.29, 1.82) is 0 Å². The van der Waals surface area contributed by atoms with Gasteiger partial charge in [-0.2, -0.15) is 0 Å². The first-order valence-electron chi connectivity index (χ1n) is 10.1. The van der Waals surface area contributed by atoms with E-state index >= 15 is 0 Å². The van der Waals surface area contributed by atoms with Crippen molar-refractivity contribution < 1.29 is 23.9 Å². The number of hydrogen-bond acceptors (Lipinski definition) is 5. The van der Waals surface area contributed by atoms with Crippen LogP contribution in [0.4, 0.5) is 4.79 Å². The third kappa shape index (κ3) is 4.93. The van der Waals surface area contributed by atoms with Gasteiger partial charge >= 0.3 is 12.1 Å². The van der Waals surface area contributed by atoms with Crippen LogP contribution in [0.25, 0.3) is 10.9 Å². The van der Waals surface area contributed by atoms with Crippen molar-refractivity contribution in [2.75, 3.05) is 13.7 Å². The maximum atomic E-state index is 13.4. The lowest BCUT2D eigenvalue weighted by Crippen LogP contribution is -2.53. The highest BCUT2D eigenvalue weighted by atomic mass is 16.6. The molecule has 30 heavy (non-hydrogen) atoms. The quantitative estimate of drug-likeness (QED) is 0.732. The number of para-hydroxylation sites is 1. The maximum absolute atomic E-state index is 13.4. The number of benzene rings is 1. The summed E-state index contributed by atoms with van der Waals surface area (Å²) in [5.74, 6) is -0.761. The number of rotatable bonds is 5. The summed E-state index contributed by atoms with van der Waals surface area (Å²) in [5.41, 5.74) is 1.15. The second-order valence-corrected chi connectivity index (χ2v) is 8.48. The summed E-state index contributed by atoms with van der Waals surface area (Å²) in [4.78, 5) is 42.6. The summed E-state index contributed by atoms with van der Waals surface area (Å²) < 4.78 is 10.2. The number of esters is 1. The van der Waals surface area contributed by atoms with Gasteiger partial charge in [-0.25, -0.2) is 9.59 Å². The number of carbonyl (C=O) groups is 3. The van der Waals surface area contributed by atoms with E-state index in [0.29, 0.717) is 19.4 Å². The number of aromatic nitrogens is 1. The maximum Gasteiger partial charge on any atom is 0.408 e. The summed E-state index contributed by atoms with van der Waals surface area (Å²) in [6.45, 7) is 5.73. The van der Waals surface area contributed by atoms with E-state index < -0.39 is 29.7 Å². The molecule has 0 spiro atoms. The molecule has 0 saturated carbocycles. The van der Waals surface area contributed by atoms with Crippen molar-refractivity contribution in [2.24, 2.45) is 0 Å². The van der Waals surface area contributed by atoms with Crippen LogP contribution < -0.4 is 5.32 Å². The van der Waals surface area contributed by atoms with Gasteiger partial charge in [0, 0.05) is 30.1 Å². The zero-order valence-electron chi connectivity index (χ0n) is 17.9. The van der Waals surface area contributed by atoms with Gasteiger partial charge in [0.25, 0.3) is 0 Å². The van der Waals surface area contributed by atoms with Gasteiger partial charge in [0.05, 0.1) is 7.11 Å². The molecule has 2 atom stereocenters. The Balaban J connectivity index is 1.86. The van der Waals surface area contributed by atoms with Crippen LogP contribution in [0.15, 0.2) is 30.5 Å². The lowest BCUT2D eigenvalue weighted by atomic mass is 10.0. The zero-order chi connectivity index (χ0) is 21.9. The molecule has 8 heteroatoms. The first-order valence-corrected chi connectivity index (χ1v) is 10.1. The monoisotopic (exact) mass is 415 g/mol. The third-order valence-corrected chi connectivity index (χ3v) is 5.10. The number of H-pyrrole nitrogens is 1. The van der Waals surface area contributed by atoms with Crippen molar-refractivity contribution >= 4 is 28.9 Å². The zero-order valence-corrected chi connectivity index (χ0v) is 17.9. The predicted molar refractivity (Wildman–Crippen MR) is 112 cm³/mol. The van der Waals surface area contributed by atoms with Crippen LogP contribution in [-0.2, 0) is 25.5 Å². The highest BCUT2D eigenvalue weighted by Gasteiger charge is 2.39. The lowest BCUT2D eigenvalue weighted by Gasteiger charge is -2.29. The van der Waals surface area contributed by atoms with E-state index in [9.17, 15) is 14.4 Å². The summed E-state index contributed by atoms with van der Waals surface area (Å²) in [5, 5.41) is 3.69. The van der Waals surface area contributed by atoms with Gasteiger partial charge in [-0.05, 0) is 45.2 Å². The lowest BCUT2D eigenvalue weighted by molar-refractivity contribution is -0.151. The largest absolute Gasteiger partial charge is 0.467 e. The second kappa shape index (κ2) is 8.77. The molecule has 1 aromatic carbocycles. The van der Waals surface area contributed by atoms with E-state index in [2.05, 4.69) is 10.3 Å². The number of hydrogen-bond donors (Lipinski definition) is 2. The Kier molecular flexibility index (Phi) is 6.34. The first-order chi connectivity index (χ1) is 14.2. The first kappa shape index (κ1) is 21.7. The second-order valence-electron chi connectivity index (χ2n) is 8.48. The number of nitrogens with zero attached hydrogens (tertiary/aromatic N) is 1. The smallest absolute Gasteiger partial charge is 0.408 e. The van der Waals surface area contributed by atoms with E-state index in [4.69, 9.17) is 9.47 Å². The molecule has 1 saturated heterocycles. The summed E-state index contributed by atoms with van der Waals surface area (Å²) >= 11 is 0. The standard InChI is InChI=1S/C22H29N3O5/c1-22(2,3)30-21(28)24-17(12-14-13-23-16-9-6-5-8-15(14)16)19(26)25-11-7-10-18(25)20(27)29-4/h5-6,8-9,13,17-18,23H,7,10-12H2,1-4H3,(H,24,28). The van der Waals surface area contributed by atoms with Crippen molar-refractivity contribution in [3.63, 3.8) is 0 Å². The van der Waals surface area contributed by atoms with Crippen LogP contribution in [-0.4, -0.2) is 59.2 Å². The Morgan fingerprint density at radius 1 is 1.27 bits per heavy atom. The minimum absolute atomic E-state index is 0.270. The number of methoxy groups -OCH3 is 1. The number of fused-ring (bicyclic) bond motifs is 1. The van der Waals surface area contributed by atoms with Crippen molar-refractivity contribution in [2.45, 2.75) is 57.7 Å². The van der Waals surface area contributed by atoms with Gasteiger partial charge in [0.2, 0.25) is 5.91 Å². The Bertz CT molecular complexity index is 930. The van der Waals surface area contributed by atoms with Crippen molar-refractivity contribution in [3.05, 3.63) is 36.0 Å². The summed E-state index contributed by atoms with van der Waals surface area (Å²) in [6.07, 6.45) is 2.69. The molecule has 0 aliphatic carbocycles. The molecule has 2 unspecified atom stereocenters. The molecule has 1 aromatic heterocycles. The van der Waals surface area contributed by atoms with Gasteiger partial charge in [-0.15, -0.1) is 0 Å². The van der Waals surface area contributed by atoms with Crippen LogP contribution in [0.1, 0.15) is 39.2 Å². The van der Waals surface area contributed by atoms with Crippen molar-refractivity contribution in [1.82, 2.24) is 15.2 Å². The summed E-state index contributed by atoms with van der Waals surface area (Å²) in [6, 6.07) is 6.26. The van der Waals surface area contributed by atoms with E-state index in [0.717, 1.165) is 16.5 Å². The minimum Gasteiger partial charge on any atom is -0.467 e.